The number of carbonyl (C=O) groups is 1. The topological polar surface area (TPSA) is 80.5 Å². The van der Waals surface area contributed by atoms with Crippen LogP contribution in [0.25, 0.3) is 0 Å². The lowest BCUT2D eigenvalue weighted by Gasteiger charge is -2.26. The largest absolute Gasteiger partial charge is 0.370 e. The number of aromatic nitrogens is 1. The first-order valence-corrected chi connectivity index (χ1v) is 5.07. The Hall–Kier alpha value is -1.66. The third-order valence-corrected chi connectivity index (χ3v) is 2.39. The van der Waals surface area contributed by atoms with Crippen LogP contribution >= 0.6 is 0 Å². The molecule has 0 radical (unpaired) electrons. The fourth-order valence-electron chi connectivity index (χ4n) is 1.56. The minimum atomic E-state index is -0.000777. The Morgan fingerprint density at radius 2 is 2.44 bits per heavy atom. The van der Waals surface area contributed by atoms with Gasteiger partial charge in [-0.2, -0.15) is 0 Å². The summed E-state index contributed by atoms with van der Waals surface area (Å²) in [6.45, 7) is 1.86. The molecule has 3 N–H and O–H groups in total. The summed E-state index contributed by atoms with van der Waals surface area (Å²) < 4.78 is 5.05. The van der Waals surface area contributed by atoms with Gasteiger partial charge in [-0.25, -0.2) is 10.8 Å². The van der Waals surface area contributed by atoms with Crippen LogP contribution in [0.15, 0.2) is 18.2 Å². The lowest BCUT2D eigenvalue weighted by Crippen LogP contribution is -2.41. The molecule has 1 fully saturated rings. The summed E-state index contributed by atoms with van der Waals surface area (Å²) in [5, 5.41) is 0. The molecule has 1 saturated heterocycles. The van der Waals surface area contributed by atoms with Crippen molar-refractivity contribution in [1.29, 1.82) is 0 Å². The molecule has 2 rings (SSSR count). The number of rotatable bonds is 3. The van der Waals surface area contributed by atoms with Gasteiger partial charge in [-0.1, -0.05) is 6.07 Å². The quantitative estimate of drug-likeness (QED) is 0.543. The summed E-state index contributed by atoms with van der Waals surface area (Å²) in [7, 11) is 0. The van der Waals surface area contributed by atoms with E-state index in [1.807, 2.05) is 12.1 Å². The van der Waals surface area contributed by atoms with Crippen LogP contribution in [0.4, 0.5) is 5.82 Å². The number of nitrogen functional groups attached to an aromatic ring is 1. The molecule has 1 amide bonds. The first-order valence-electron chi connectivity index (χ1n) is 5.07. The van der Waals surface area contributed by atoms with Gasteiger partial charge < -0.3 is 15.1 Å². The molecule has 1 aliphatic heterocycles. The van der Waals surface area contributed by atoms with Gasteiger partial charge in [-0.05, 0) is 12.1 Å². The van der Waals surface area contributed by atoms with E-state index in [-0.39, 0.29) is 12.5 Å². The summed E-state index contributed by atoms with van der Waals surface area (Å²) in [6.07, 6.45) is 0. The van der Waals surface area contributed by atoms with Crippen molar-refractivity contribution >= 4 is 11.7 Å². The summed E-state index contributed by atoms with van der Waals surface area (Å²) in [4.78, 5) is 17.5. The molecule has 1 aliphatic rings. The molecule has 0 aliphatic carbocycles. The number of nitrogens with zero attached hydrogens (tertiary/aromatic N) is 2. The molecular weight excluding hydrogens is 208 g/mol. The van der Waals surface area contributed by atoms with Crippen LogP contribution in [0.5, 0.6) is 0 Å². The van der Waals surface area contributed by atoms with Gasteiger partial charge in [0.05, 0.1) is 18.8 Å². The van der Waals surface area contributed by atoms with Gasteiger partial charge in [-0.15, -0.1) is 0 Å². The van der Waals surface area contributed by atoms with Crippen LogP contribution in [0.1, 0.15) is 5.69 Å². The molecule has 0 bridgehead atoms. The van der Waals surface area contributed by atoms with E-state index in [1.165, 1.54) is 0 Å². The Morgan fingerprint density at radius 3 is 3.19 bits per heavy atom. The van der Waals surface area contributed by atoms with Crippen LogP contribution in [-0.2, 0) is 16.1 Å². The van der Waals surface area contributed by atoms with Crippen molar-refractivity contribution < 1.29 is 9.53 Å². The second kappa shape index (κ2) is 4.91. The number of carbonyl (C=O) groups excluding carboxylic acids is 1. The van der Waals surface area contributed by atoms with E-state index in [4.69, 9.17) is 10.6 Å². The highest BCUT2D eigenvalue weighted by molar-refractivity contribution is 5.77. The zero-order valence-corrected chi connectivity index (χ0v) is 8.85. The number of morpholine rings is 1. The molecule has 6 heteroatoms. The molecular formula is C10H14N4O2. The fourth-order valence-corrected chi connectivity index (χ4v) is 1.56. The maximum atomic E-state index is 11.5. The monoisotopic (exact) mass is 222 g/mol. The number of ether oxygens (including phenoxy) is 1. The Balaban J connectivity index is 2.04. The van der Waals surface area contributed by atoms with Crippen LogP contribution in [0, 0.1) is 0 Å². The van der Waals surface area contributed by atoms with E-state index in [9.17, 15) is 4.79 Å². The predicted octanol–water partition coefficient (Wildman–Crippen LogP) is -0.274. The third kappa shape index (κ3) is 2.47. The van der Waals surface area contributed by atoms with Crippen LogP contribution in [0.3, 0.4) is 0 Å². The van der Waals surface area contributed by atoms with Crippen molar-refractivity contribution in [2.24, 2.45) is 5.84 Å². The van der Waals surface area contributed by atoms with E-state index in [2.05, 4.69) is 10.4 Å². The standard InChI is InChI=1S/C10H14N4O2/c11-13-9-3-1-2-8(12-9)6-14-4-5-16-7-10(14)15/h1-3H,4-7,11H2,(H,12,13). The van der Waals surface area contributed by atoms with Crippen molar-refractivity contribution in [1.82, 2.24) is 9.88 Å². The molecule has 0 aromatic carbocycles. The Labute approximate surface area is 93.4 Å². The average molecular weight is 222 g/mol. The zero-order chi connectivity index (χ0) is 11.4. The van der Waals surface area contributed by atoms with E-state index in [1.54, 1.807) is 11.0 Å². The maximum Gasteiger partial charge on any atom is 0.248 e. The molecule has 0 unspecified atom stereocenters. The van der Waals surface area contributed by atoms with Gasteiger partial charge in [0, 0.05) is 6.54 Å². The number of nitrogens with one attached hydrogen (secondary N) is 1. The van der Waals surface area contributed by atoms with Crippen LogP contribution in [0.2, 0.25) is 0 Å². The molecule has 6 nitrogen and oxygen atoms in total. The van der Waals surface area contributed by atoms with E-state index in [0.717, 1.165) is 5.69 Å². The van der Waals surface area contributed by atoms with Gasteiger partial charge in [0.1, 0.15) is 12.4 Å². The minimum Gasteiger partial charge on any atom is -0.370 e. The number of nitrogens with two attached hydrogens (primary N) is 1. The molecule has 0 spiro atoms. The zero-order valence-electron chi connectivity index (χ0n) is 8.85. The second-order valence-electron chi connectivity index (χ2n) is 3.53. The first kappa shape index (κ1) is 10.8. The number of hydrogen-bond donors (Lipinski definition) is 2. The summed E-state index contributed by atoms with van der Waals surface area (Å²) in [6, 6.07) is 5.48. The molecule has 0 saturated carbocycles. The Kier molecular flexibility index (Phi) is 3.33. The highest BCUT2D eigenvalue weighted by atomic mass is 16.5. The minimum absolute atomic E-state index is 0.000777. The molecule has 2 heterocycles. The SMILES string of the molecule is NNc1cccc(CN2CCOCC2=O)n1. The maximum absolute atomic E-state index is 11.5. The Morgan fingerprint density at radius 1 is 1.56 bits per heavy atom. The highest BCUT2D eigenvalue weighted by Gasteiger charge is 2.18. The lowest BCUT2D eigenvalue weighted by atomic mass is 10.3. The number of amides is 1. The van der Waals surface area contributed by atoms with Crippen molar-refractivity contribution in [2.75, 3.05) is 25.2 Å². The molecule has 1 aromatic heterocycles. The van der Waals surface area contributed by atoms with E-state index >= 15 is 0 Å². The van der Waals surface area contributed by atoms with Crippen LogP contribution < -0.4 is 11.3 Å². The first-order chi connectivity index (χ1) is 7.79. The summed E-state index contributed by atoms with van der Waals surface area (Å²) >= 11 is 0. The molecule has 16 heavy (non-hydrogen) atoms. The van der Waals surface area contributed by atoms with Crippen molar-refractivity contribution in [3.63, 3.8) is 0 Å². The van der Waals surface area contributed by atoms with Crippen molar-refractivity contribution in [2.45, 2.75) is 6.54 Å². The van der Waals surface area contributed by atoms with Crippen molar-refractivity contribution in [3.05, 3.63) is 23.9 Å². The van der Waals surface area contributed by atoms with Crippen molar-refractivity contribution in [3.8, 4) is 0 Å². The Bertz CT molecular complexity index is 383. The van der Waals surface area contributed by atoms with Gasteiger partial charge in [0.25, 0.3) is 0 Å². The normalized spacial score (nSPS) is 16.3. The van der Waals surface area contributed by atoms with Gasteiger partial charge in [0.15, 0.2) is 0 Å². The molecule has 1 aromatic rings. The average Bonchev–Trinajstić information content (AvgIpc) is 2.32. The molecule has 86 valence electrons. The van der Waals surface area contributed by atoms with Gasteiger partial charge in [0.2, 0.25) is 5.91 Å². The van der Waals surface area contributed by atoms with E-state index < -0.39 is 0 Å². The van der Waals surface area contributed by atoms with Crippen LogP contribution in [-0.4, -0.2) is 35.5 Å². The highest BCUT2D eigenvalue weighted by Crippen LogP contribution is 2.08. The fraction of sp³-hybridized carbons (Fsp3) is 0.400. The molecule has 0 atom stereocenters. The third-order valence-electron chi connectivity index (χ3n) is 2.39. The summed E-state index contributed by atoms with van der Waals surface area (Å²) in [5.41, 5.74) is 3.29. The number of hydrogen-bond acceptors (Lipinski definition) is 5. The number of anilines is 1. The van der Waals surface area contributed by atoms with Gasteiger partial charge >= 0.3 is 0 Å². The van der Waals surface area contributed by atoms with E-state index in [0.29, 0.717) is 25.5 Å². The number of hydrazine groups is 1. The summed E-state index contributed by atoms with van der Waals surface area (Å²) in [5.74, 6) is 5.86. The van der Waals surface area contributed by atoms with Gasteiger partial charge in [-0.3, -0.25) is 4.79 Å². The smallest absolute Gasteiger partial charge is 0.248 e. The number of pyridine rings is 1. The second-order valence-corrected chi connectivity index (χ2v) is 3.53. The lowest BCUT2D eigenvalue weighted by molar-refractivity contribution is -0.143. The predicted molar refractivity (Wildman–Crippen MR) is 58.3 cm³/mol.